The third-order valence-electron chi connectivity index (χ3n) is 9.20. The Hall–Kier alpha value is -3.69. The van der Waals surface area contributed by atoms with Gasteiger partial charge >= 0.3 is 5.97 Å². The summed E-state index contributed by atoms with van der Waals surface area (Å²) in [4.78, 5) is 23.9. The van der Waals surface area contributed by atoms with Gasteiger partial charge < -0.3 is 15.5 Å². The van der Waals surface area contributed by atoms with Crippen molar-refractivity contribution in [3.63, 3.8) is 0 Å². The molecule has 1 saturated carbocycles. The molecule has 12 nitrogen and oxygen atoms in total. The van der Waals surface area contributed by atoms with E-state index in [2.05, 4.69) is 5.32 Å². The van der Waals surface area contributed by atoms with Crippen molar-refractivity contribution in [1.82, 2.24) is 0 Å². The maximum Gasteiger partial charge on any atom is 0.303 e. The summed E-state index contributed by atoms with van der Waals surface area (Å²) in [7, 11) is -8.92. The van der Waals surface area contributed by atoms with Gasteiger partial charge in [0.15, 0.2) is 11.5 Å². The van der Waals surface area contributed by atoms with Gasteiger partial charge in [0.05, 0.1) is 15.2 Å². The summed E-state index contributed by atoms with van der Waals surface area (Å²) in [6.45, 7) is 7.72. The largest absolute Gasteiger partial charge is 0.848 e. The molecule has 0 spiro atoms. The average molecular weight is 673 g/mol. The van der Waals surface area contributed by atoms with E-state index in [9.17, 15) is 40.6 Å². The first-order valence-corrected chi connectivity index (χ1v) is 17.6. The standard InChI is InChI=1S/C32H36N2O10S2/c1-31(2)22-14-18(45(39,40)41)9-11-24(22)33-26(31)16-20-29(37)21(30(20)38)17-27-32(3,4)23-15-19(46(42,43)44)10-12-25(23)34(27)13-7-5-6-8-28(35)36/h9-12,14-17,20,29,33H,5-8,13H2,1-4H3,(H,35,36)(H,39,40,41)(H,42,43,44). The van der Waals surface area contributed by atoms with Gasteiger partial charge in [-0.05, 0) is 68.2 Å². The second-order valence-electron chi connectivity index (χ2n) is 12.9. The van der Waals surface area contributed by atoms with Gasteiger partial charge in [-0.2, -0.15) is 21.4 Å². The molecule has 2 atom stereocenters. The summed E-state index contributed by atoms with van der Waals surface area (Å²) >= 11 is 0. The van der Waals surface area contributed by atoms with Crippen LogP contribution in [0.1, 0.15) is 64.5 Å². The van der Waals surface area contributed by atoms with E-state index in [0.29, 0.717) is 59.7 Å². The molecule has 246 valence electrons. The number of carboxylic acid groups (broad SMARTS) is 1. The third kappa shape index (κ3) is 5.95. The molecule has 2 heterocycles. The van der Waals surface area contributed by atoms with Crippen molar-refractivity contribution < 1.29 is 50.3 Å². The van der Waals surface area contributed by atoms with E-state index >= 15 is 0 Å². The number of benzene rings is 2. The highest BCUT2D eigenvalue weighted by Gasteiger charge is 2.48. The summed E-state index contributed by atoms with van der Waals surface area (Å²) < 4.78 is 68.3. The van der Waals surface area contributed by atoms with Gasteiger partial charge in [0.2, 0.25) is 5.69 Å². The number of hydrogen-bond donors (Lipinski definition) is 4. The van der Waals surface area contributed by atoms with Crippen LogP contribution in [0.25, 0.3) is 0 Å². The van der Waals surface area contributed by atoms with Gasteiger partial charge in [0.1, 0.15) is 6.54 Å². The quantitative estimate of drug-likeness (QED) is 0.125. The lowest BCUT2D eigenvalue weighted by molar-refractivity contribution is -0.438. The van der Waals surface area contributed by atoms with Crippen molar-refractivity contribution in [3.05, 3.63) is 70.9 Å². The van der Waals surface area contributed by atoms with Crippen molar-refractivity contribution in [1.29, 1.82) is 0 Å². The molecular weight excluding hydrogens is 636 g/mol. The van der Waals surface area contributed by atoms with E-state index < -0.39 is 49.1 Å². The Balaban J connectivity index is 1.47. The van der Waals surface area contributed by atoms with Gasteiger partial charge in [0, 0.05) is 53.3 Å². The Morgan fingerprint density at radius 3 is 2.13 bits per heavy atom. The predicted molar refractivity (Wildman–Crippen MR) is 167 cm³/mol. The van der Waals surface area contributed by atoms with Crippen molar-refractivity contribution in [2.45, 2.75) is 80.1 Å². The lowest BCUT2D eigenvalue weighted by Crippen LogP contribution is -2.53. The monoisotopic (exact) mass is 672 g/mol. The molecule has 2 unspecified atom stereocenters. The Labute approximate surface area is 267 Å². The number of nitrogens with zero attached hydrogens (tertiary/aromatic N) is 1. The Morgan fingerprint density at radius 2 is 1.54 bits per heavy atom. The fourth-order valence-electron chi connectivity index (χ4n) is 6.46. The van der Waals surface area contributed by atoms with E-state index in [4.69, 9.17) is 5.11 Å². The predicted octanol–water partition coefficient (Wildman–Crippen LogP) is 3.34. The average Bonchev–Trinajstić information content (AvgIpc) is 3.33. The molecule has 1 aliphatic carbocycles. The normalized spacial score (nSPS) is 23.3. The fourth-order valence-corrected chi connectivity index (χ4v) is 7.47. The zero-order valence-corrected chi connectivity index (χ0v) is 27.4. The van der Waals surface area contributed by atoms with E-state index in [-0.39, 0.29) is 27.6 Å². The Morgan fingerprint density at radius 1 is 0.935 bits per heavy atom. The highest BCUT2D eigenvalue weighted by molar-refractivity contribution is 7.86. The zero-order valence-electron chi connectivity index (χ0n) is 25.8. The molecule has 0 saturated heterocycles. The van der Waals surface area contributed by atoms with Crippen LogP contribution >= 0.6 is 0 Å². The lowest BCUT2D eigenvalue weighted by atomic mass is 9.71. The minimum absolute atomic E-state index is 0.0299. The smallest absolute Gasteiger partial charge is 0.303 e. The first kappa shape index (κ1) is 33.7. The maximum absolute atomic E-state index is 13.6. The number of carbonyl (C=O) groups is 2. The molecule has 2 aromatic rings. The topological polar surface area (TPSA) is 201 Å². The van der Waals surface area contributed by atoms with Crippen LogP contribution in [-0.4, -0.2) is 65.7 Å². The molecular formula is C32H36N2O10S2. The van der Waals surface area contributed by atoms with E-state index in [1.807, 2.05) is 32.3 Å². The molecule has 0 bridgehead atoms. The highest BCUT2D eigenvalue weighted by Crippen LogP contribution is 2.46. The first-order chi connectivity index (χ1) is 21.2. The molecule has 3 aliphatic rings. The van der Waals surface area contributed by atoms with E-state index in [1.54, 1.807) is 18.2 Å². The number of fused-ring (bicyclic) bond motifs is 2. The minimum Gasteiger partial charge on any atom is -0.848 e. The molecule has 4 N–H and O–H groups in total. The zero-order chi connectivity index (χ0) is 34.0. The molecule has 5 rings (SSSR count). The van der Waals surface area contributed by atoms with Crippen LogP contribution in [0.5, 0.6) is 0 Å². The van der Waals surface area contributed by atoms with Gasteiger partial charge in [-0.25, -0.2) is 0 Å². The molecule has 1 fully saturated rings. The molecule has 0 amide bonds. The summed E-state index contributed by atoms with van der Waals surface area (Å²) in [6, 6.07) is 8.40. The number of aliphatic carboxylic acids is 1. The molecule has 2 aromatic carbocycles. The number of hydrogen-bond acceptors (Lipinski definition) is 8. The van der Waals surface area contributed by atoms with Crippen LogP contribution in [0.3, 0.4) is 0 Å². The second kappa shape index (κ2) is 11.5. The van der Waals surface area contributed by atoms with Gasteiger partial charge in [-0.1, -0.05) is 26.0 Å². The van der Waals surface area contributed by atoms with Crippen molar-refractivity contribution >= 4 is 49.1 Å². The molecule has 46 heavy (non-hydrogen) atoms. The number of rotatable bonds is 10. The van der Waals surface area contributed by atoms with Crippen LogP contribution in [0.2, 0.25) is 0 Å². The lowest BCUT2D eigenvalue weighted by Gasteiger charge is -2.42. The van der Waals surface area contributed by atoms with Gasteiger partial charge in [0.25, 0.3) is 20.2 Å². The van der Waals surface area contributed by atoms with Gasteiger partial charge in [-0.3, -0.25) is 18.7 Å². The number of nitrogens with one attached hydrogen (secondary N) is 1. The summed E-state index contributed by atoms with van der Waals surface area (Å²) in [5.41, 5.74) is 2.01. The van der Waals surface area contributed by atoms with Crippen LogP contribution in [-0.2, 0) is 40.7 Å². The minimum atomic E-state index is -4.49. The Bertz CT molecular complexity index is 1970. The van der Waals surface area contributed by atoms with Gasteiger partial charge in [-0.15, -0.1) is 0 Å². The number of unbranched alkanes of at least 4 members (excludes halogenated alkanes) is 2. The SMILES string of the molecule is CC1(C)C(=CC2C(=O)C(=CC3=[N+](CCCCCC(=O)O)c4ccc(S(=O)(=O)O)cc4C3(C)C)C2[O-])Nc2ccc(S(=O)(=O)O)cc21. The Kier molecular flexibility index (Phi) is 8.44. The summed E-state index contributed by atoms with van der Waals surface area (Å²) in [5.74, 6) is -2.26. The second-order valence-corrected chi connectivity index (χ2v) is 15.8. The van der Waals surface area contributed by atoms with E-state index in [1.165, 1.54) is 30.3 Å². The number of allylic oxidation sites excluding steroid dienone is 2. The van der Waals surface area contributed by atoms with Crippen LogP contribution in [0, 0.1) is 5.92 Å². The van der Waals surface area contributed by atoms with Crippen LogP contribution < -0.4 is 10.4 Å². The number of anilines is 1. The molecule has 2 aliphatic heterocycles. The first-order valence-electron chi connectivity index (χ1n) is 14.8. The molecule has 0 radical (unpaired) electrons. The third-order valence-corrected chi connectivity index (χ3v) is 10.9. The number of Topliss-reactive ketones (excluding diaryl/α,β-unsaturated/α-hetero) is 1. The summed E-state index contributed by atoms with van der Waals surface area (Å²) in [6.07, 6.45) is 3.44. The maximum atomic E-state index is 13.6. The van der Waals surface area contributed by atoms with Crippen molar-refractivity contribution in [2.75, 3.05) is 11.9 Å². The van der Waals surface area contributed by atoms with Crippen molar-refractivity contribution in [2.24, 2.45) is 5.92 Å². The summed E-state index contributed by atoms with van der Waals surface area (Å²) in [5, 5.41) is 25.7. The van der Waals surface area contributed by atoms with Crippen LogP contribution in [0.4, 0.5) is 11.4 Å². The fraction of sp³-hybridized carbons (Fsp3) is 0.406. The molecule has 14 heteroatoms. The van der Waals surface area contributed by atoms with Crippen molar-refractivity contribution in [3.8, 4) is 0 Å². The van der Waals surface area contributed by atoms with Crippen LogP contribution in [0.15, 0.2) is 69.6 Å². The number of carboxylic acids is 1. The van der Waals surface area contributed by atoms with E-state index in [0.717, 1.165) is 0 Å². The number of carbonyl (C=O) groups excluding carboxylic acids is 1. The highest BCUT2D eigenvalue weighted by atomic mass is 32.2. The molecule has 0 aromatic heterocycles. The number of ketones is 1.